The third-order valence-corrected chi connectivity index (χ3v) is 2.35. The van der Waals surface area contributed by atoms with E-state index in [4.69, 9.17) is 0 Å². The van der Waals surface area contributed by atoms with Crippen LogP contribution in [0.5, 0.6) is 0 Å². The molecule has 0 fully saturated rings. The van der Waals surface area contributed by atoms with E-state index in [0.717, 1.165) is 0 Å². The summed E-state index contributed by atoms with van der Waals surface area (Å²) in [7, 11) is 0. The van der Waals surface area contributed by atoms with Gasteiger partial charge in [-0.1, -0.05) is 12.1 Å². The number of aliphatic hydroxyl groups excluding tert-OH is 2. The van der Waals surface area contributed by atoms with Crippen molar-refractivity contribution in [3.8, 4) is 0 Å². The van der Waals surface area contributed by atoms with Crippen LogP contribution in [0, 0.1) is 10.1 Å². The van der Waals surface area contributed by atoms with Gasteiger partial charge in [-0.3, -0.25) is 10.1 Å². The van der Waals surface area contributed by atoms with Crippen molar-refractivity contribution in [1.82, 2.24) is 0 Å². The molecule has 0 saturated heterocycles. The first-order valence-corrected chi connectivity index (χ1v) is 4.91. The molecule has 82 valence electrons. The zero-order valence-electron chi connectivity index (χ0n) is 7.78. The molecule has 0 radical (unpaired) electrons. The zero-order chi connectivity index (χ0) is 11.4. The van der Waals surface area contributed by atoms with E-state index in [1.165, 1.54) is 24.3 Å². The number of nitrogens with zero attached hydrogens (tertiary/aromatic N) is 1. The summed E-state index contributed by atoms with van der Waals surface area (Å²) in [4.78, 5) is 9.91. The van der Waals surface area contributed by atoms with Crippen molar-refractivity contribution < 1.29 is 15.1 Å². The number of aliphatic hydroxyl groups is 2. The summed E-state index contributed by atoms with van der Waals surface area (Å²) in [6.45, 7) is 0. The van der Waals surface area contributed by atoms with Crippen LogP contribution >= 0.6 is 12.6 Å². The number of nitro groups is 1. The Morgan fingerprint density at radius 3 is 2.67 bits per heavy atom. The van der Waals surface area contributed by atoms with Gasteiger partial charge in [0.25, 0.3) is 5.69 Å². The number of benzene rings is 1. The van der Waals surface area contributed by atoms with Crippen LogP contribution < -0.4 is 0 Å². The van der Waals surface area contributed by atoms with Crippen molar-refractivity contribution in [3.63, 3.8) is 0 Å². The van der Waals surface area contributed by atoms with E-state index < -0.39 is 17.1 Å². The fourth-order valence-electron chi connectivity index (χ4n) is 1.14. The monoisotopic (exact) mass is 229 g/mol. The molecule has 2 N–H and O–H groups in total. The highest BCUT2D eigenvalue weighted by Gasteiger charge is 2.18. The summed E-state index contributed by atoms with van der Waals surface area (Å²) in [5, 5.41) is 29.3. The Balaban J connectivity index is 2.94. The summed E-state index contributed by atoms with van der Waals surface area (Å²) in [5.74, 6) is 0.0872. The van der Waals surface area contributed by atoms with Crippen LogP contribution in [0.4, 0.5) is 5.69 Å². The molecule has 1 aromatic carbocycles. The van der Waals surface area contributed by atoms with Crippen LogP contribution in [0.25, 0.3) is 0 Å². The Kier molecular flexibility index (Phi) is 4.07. The summed E-state index contributed by atoms with van der Waals surface area (Å²) in [5.41, 5.74) is 0.198. The van der Waals surface area contributed by atoms with E-state index in [1.54, 1.807) is 0 Å². The lowest BCUT2D eigenvalue weighted by molar-refractivity contribution is -0.385. The second kappa shape index (κ2) is 5.11. The quantitative estimate of drug-likeness (QED) is 0.407. The normalized spacial score (nSPS) is 14.6. The minimum Gasteiger partial charge on any atom is -0.389 e. The summed E-state index contributed by atoms with van der Waals surface area (Å²) < 4.78 is 0. The third kappa shape index (κ3) is 2.92. The SMILES string of the molecule is O=[N+]([O-])c1cccc(C(O)C(O)CS)c1. The van der Waals surface area contributed by atoms with Crippen molar-refractivity contribution in [3.05, 3.63) is 39.9 Å². The minimum absolute atomic E-state index is 0.0872. The molecule has 2 atom stereocenters. The Labute approximate surface area is 91.9 Å². The van der Waals surface area contributed by atoms with Gasteiger partial charge in [-0.25, -0.2) is 0 Å². The number of non-ortho nitro benzene ring substituents is 1. The molecule has 0 spiro atoms. The van der Waals surface area contributed by atoms with Crippen molar-refractivity contribution in [2.45, 2.75) is 12.2 Å². The van der Waals surface area contributed by atoms with Crippen LogP contribution in [0.3, 0.4) is 0 Å². The number of hydrogen-bond acceptors (Lipinski definition) is 5. The number of hydrogen-bond donors (Lipinski definition) is 3. The van der Waals surface area contributed by atoms with Crippen LogP contribution in [-0.4, -0.2) is 27.0 Å². The predicted molar refractivity (Wildman–Crippen MR) is 57.9 cm³/mol. The molecule has 0 heterocycles. The van der Waals surface area contributed by atoms with E-state index in [1.807, 2.05) is 0 Å². The highest BCUT2D eigenvalue weighted by Crippen LogP contribution is 2.21. The summed E-state index contributed by atoms with van der Waals surface area (Å²) in [6.07, 6.45) is -2.18. The summed E-state index contributed by atoms with van der Waals surface area (Å²) >= 11 is 3.83. The first kappa shape index (κ1) is 12.0. The van der Waals surface area contributed by atoms with Crippen molar-refractivity contribution >= 4 is 18.3 Å². The molecule has 0 aliphatic heterocycles. The van der Waals surface area contributed by atoms with Gasteiger partial charge in [-0.15, -0.1) is 0 Å². The first-order valence-electron chi connectivity index (χ1n) is 4.27. The molecule has 1 rings (SSSR count). The second-order valence-electron chi connectivity index (χ2n) is 3.05. The number of rotatable bonds is 4. The molecule has 5 nitrogen and oxygen atoms in total. The maximum absolute atomic E-state index is 10.5. The Morgan fingerprint density at radius 2 is 2.13 bits per heavy atom. The highest BCUT2D eigenvalue weighted by molar-refractivity contribution is 7.80. The van der Waals surface area contributed by atoms with Gasteiger partial charge in [-0.05, 0) is 5.56 Å². The van der Waals surface area contributed by atoms with Crippen LogP contribution in [-0.2, 0) is 0 Å². The minimum atomic E-state index is -1.15. The molecule has 0 saturated carbocycles. The molecule has 6 heteroatoms. The highest BCUT2D eigenvalue weighted by atomic mass is 32.1. The van der Waals surface area contributed by atoms with Gasteiger partial charge >= 0.3 is 0 Å². The standard InChI is InChI=1S/C9H11NO4S/c11-8(5-15)9(12)6-2-1-3-7(4-6)10(13)14/h1-4,8-9,11-12,15H,5H2. The lowest BCUT2D eigenvalue weighted by Gasteiger charge is -2.15. The topological polar surface area (TPSA) is 83.6 Å². The molecule has 1 aromatic rings. The van der Waals surface area contributed by atoms with Crippen LogP contribution in [0.1, 0.15) is 11.7 Å². The van der Waals surface area contributed by atoms with Crippen LogP contribution in [0.2, 0.25) is 0 Å². The molecular weight excluding hydrogens is 218 g/mol. The Hall–Kier alpha value is -1.11. The molecule has 0 aliphatic rings. The molecule has 2 unspecified atom stereocenters. The lowest BCUT2D eigenvalue weighted by atomic mass is 10.1. The number of thiol groups is 1. The average molecular weight is 229 g/mol. The number of nitro benzene ring substituents is 1. The van der Waals surface area contributed by atoms with Gasteiger partial charge in [0.2, 0.25) is 0 Å². The van der Waals surface area contributed by atoms with Gasteiger partial charge in [0.15, 0.2) is 0 Å². The molecule has 15 heavy (non-hydrogen) atoms. The largest absolute Gasteiger partial charge is 0.389 e. The van der Waals surface area contributed by atoms with Crippen molar-refractivity contribution in [1.29, 1.82) is 0 Å². The van der Waals surface area contributed by atoms with Gasteiger partial charge in [0.05, 0.1) is 11.0 Å². The lowest BCUT2D eigenvalue weighted by Crippen LogP contribution is -2.19. The molecule has 0 aromatic heterocycles. The third-order valence-electron chi connectivity index (χ3n) is 1.97. The van der Waals surface area contributed by atoms with Crippen molar-refractivity contribution in [2.24, 2.45) is 0 Å². The van der Waals surface area contributed by atoms with E-state index in [2.05, 4.69) is 12.6 Å². The fraction of sp³-hybridized carbons (Fsp3) is 0.333. The smallest absolute Gasteiger partial charge is 0.269 e. The molecule has 0 amide bonds. The van der Waals surface area contributed by atoms with Gasteiger partial charge in [-0.2, -0.15) is 12.6 Å². The Bertz CT molecular complexity index is 358. The zero-order valence-corrected chi connectivity index (χ0v) is 8.67. The molecule has 0 bridgehead atoms. The Morgan fingerprint density at radius 1 is 1.47 bits per heavy atom. The molecule has 0 aliphatic carbocycles. The maximum Gasteiger partial charge on any atom is 0.269 e. The van der Waals surface area contributed by atoms with Crippen LogP contribution in [0.15, 0.2) is 24.3 Å². The first-order chi connectivity index (χ1) is 7.06. The van der Waals surface area contributed by atoms with Crippen molar-refractivity contribution in [2.75, 3.05) is 5.75 Å². The van der Waals surface area contributed by atoms with E-state index in [9.17, 15) is 20.3 Å². The van der Waals surface area contributed by atoms with E-state index >= 15 is 0 Å². The van der Waals surface area contributed by atoms with Gasteiger partial charge in [0.1, 0.15) is 6.10 Å². The maximum atomic E-state index is 10.5. The predicted octanol–water partition coefficient (Wildman–Crippen LogP) is 0.919. The fourth-order valence-corrected chi connectivity index (χ4v) is 1.34. The van der Waals surface area contributed by atoms with Gasteiger partial charge < -0.3 is 10.2 Å². The summed E-state index contributed by atoms with van der Waals surface area (Å²) in [6, 6.07) is 5.53. The van der Waals surface area contributed by atoms with E-state index in [-0.39, 0.29) is 11.4 Å². The average Bonchev–Trinajstić information content (AvgIpc) is 2.27. The molecular formula is C9H11NO4S. The van der Waals surface area contributed by atoms with Gasteiger partial charge in [0, 0.05) is 17.9 Å². The van der Waals surface area contributed by atoms with E-state index in [0.29, 0.717) is 5.56 Å². The second-order valence-corrected chi connectivity index (χ2v) is 3.41.